The molecule has 3 rings (SSSR count). The van der Waals surface area contributed by atoms with E-state index in [4.69, 9.17) is 4.74 Å². The van der Waals surface area contributed by atoms with Gasteiger partial charge in [-0.1, -0.05) is 18.2 Å². The van der Waals surface area contributed by atoms with Gasteiger partial charge in [0.2, 0.25) is 11.8 Å². The summed E-state index contributed by atoms with van der Waals surface area (Å²) >= 11 is 0. The molecule has 7 nitrogen and oxygen atoms in total. The molecule has 1 atom stereocenters. The number of aryl methyl sites for hydroxylation is 2. The Kier molecular flexibility index (Phi) is 5.25. The molecule has 1 aliphatic rings. The highest BCUT2D eigenvalue weighted by molar-refractivity contribution is 6.00. The zero-order valence-corrected chi connectivity index (χ0v) is 15.4. The molecule has 0 unspecified atom stereocenters. The van der Waals surface area contributed by atoms with Crippen LogP contribution >= 0.6 is 0 Å². The third-order valence-corrected chi connectivity index (χ3v) is 4.43. The van der Waals surface area contributed by atoms with Gasteiger partial charge in [-0.25, -0.2) is 4.68 Å². The first-order valence-corrected chi connectivity index (χ1v) is 8.86. The van der Waals surface area contributed by atoms with Gasteiger partial charge in [0.05, 0.1) is 18.8 Å². The molecule has 0 saturated carbocycles. The fourth-order valence-electron chi connectivity index (χ4n) is 3.15. The maximum absolute atomic E-state index is 12.7. The Labute approximate surface area is 152 Å². The highest BCUT2D eigenvalue weighted by atomic mass is 16.5. The van der Waals surface area contributed by atoms with Crippen molar-refractivity contribution in [1.82, 2.24) is 15.1 Å². The summed E-state index contributed by atoms with van der Waals surface area (Å²) in [5.74, 6) is 1.16. The van der Waals surface area contributed by atoms with Gasteiger partial charge in [0, 0.05) is 24.6 Å². The van der Waals surface area contributed by atoms with E-state index in [1.54, 1.807) is 11.6 Å². The molecule has 26 heavy (non-hydrogen) atoms. The lowest BCUT2D eigenvalue weighted by Crippen LogP contribution is -2.50. The van der Waals surface area contributed by atoms with Crippen LogP contribution < -0.4 is 15.0 Å². The van der Waals surface area contributed by atoms with Gasteiger partial charge in [-0.05, 0) is 26.8 Å². The summed E-state index contributed by atoms with van der Waals surface area (Å²) in [6.07, 6.45) is 0.346. The number of rotatable bonds is 6. The average molecular weight is 356 g/mol. The molecule has 1 aromatic carbocycles. The Balaban J connectivity index is 1.71. The van der Waals surface area contributed by atoms with Gasteiger partial charge in [-0.15, -0.1) is 0 Å². The predicted octanol–water partition coefficient (Wildman–Crippen LogP) is 2.03. The second-order valence-electron chi connectivity index (χ2n) is 6.32. The van der Waals surface area contributed by atoms with Crippen LogP contribution in [0.1, 0.15) is 31.5 Å². The van der Waals surface area contributed by atoms with Crippen LogP contribution in [-0.2, 0) is 22.7 Å². The second kappa shape index (κ2) is 7.59. The Morgan fingerprint density at radius 2 is 2.15 bits per heavy atom. The van der Waals surface area contributed by atoms with Crippen molar-refractivity contribution in [1.29, 1.82) is 0 Å². The van der Waals surface area contributed by atoms with Crippen molar-refractivity contribution in [2.24, 2.45) is 0 Å². The number of para-hydroxylation sites is 1. The number of anilines is 1. The summed E-state index contributed by atoms with van der Waals surface area (Å²) in [5, 5.41) is 7.29. The van der Waals surface area contributed by atoms with Crippen molar-refractivity contribution in [2.75, 3.05) is 11.5 Å². The molecule has 0 spiro atoms. The maximum atomic E-state index is 12.7. The van der Waals surface area contributed by atoms with Crippen molar-refractivity contribution in [3.05, 3.63) is 41.6 Å². The van der Waals surface area contributed by atoms with Crippen molar-refractivity contribution in [3.63, 3.8) is 0 Å². The second-order valence-corrected chi connectivity index (χ2v) is 6.32. The van der Waals surface area contributed by atoms with E-state index < -0.39 is 6.04 Å². The highest BCUT2D eigenvalue weighted by Gasteiger charge is 2.33. The van der Waals surface area contributed by atoms with E-state index >= 15 is 0 Å². The standard InChI is InChI=1S/C19H24N4O3/c1-4-26-16-8-6-5-7-15(16)12-20-19(25)14(3)23-17-11-13(2)21-22(17)10-9-18(23)24/h5-8,11,14H,4,9-10,12H2,1-3H3,(H,20,25)/t14-/m0/s1. The van der Waals surface area contributed by atoms with E-state index in [2.05, 4.69) is 10.4 Å². The summed E-state index contributed by atoms with van der Waals surface area (Å²) in [7, 11) is 0. The number of amides is 2. The number of hydrogen-bond donors (Lipinski definition) is 1. The van der Waals surface area contributed by atoms with E-state index in [1.165, 1.54) is 4.90 Å². The third kappa shape index (κ3) is 3.56. The molecule has 1 aromatic heterocycles. The number of carbonyl (C=O) groups excluding carboxylic acids is 2. The minimum Gasteiger partial charge on any atom is -0.494 e. The van der Waals surface area contributed by atoms with Crippen LogP contribution in [0.3, 0.4) is 0 Å². The number of nitrogens with one attached hydrogen (secondary N) is 1. The smallest absolute Gasteiger partial charge is 0.243 e. The predicted molar refractivity (Wildman–Crippen MR) is 98.0 cm³/mol. The Morgan fingerprint density at radius 3 is 2.92 bits per heavy atom. The number of benzene rings is 1. The molecule has 1 aliphatic heterocycles. The van der Waals surface area contributed by atoms with Crippen LogP contribution in [0.25, 0.3) is 0 Å². The van der Waals surface area contributed by atoms with Gasteiger partial charge < -0.3 is 10.1 Å². The molecule has 2 amide bonds. The summed E-state index contributed by atoms with van der Waals surface area (Å²) < 4.78 is 7.37. The minimum absolute atomic E-state index is 0.0604. The quantitative estimate of drug-likeness (QED) is 0.859. The largest absolute Gasteiger partial charge is 0.494 e. The zero-order valence-electron chi connectivity index (χ0n) is 15.4. The van der Waals surface area contributed by atoms with Crippen molar-refractivity contribution in [2.45, 2.75) is 46.3 Å². The van der Waals surface area contributed by atoms with E-state index in [-0.39, 0.29) is 11.8 Å². The minimum atomic E-state index is -0.614. The Bertz CT molecular complexity index is 815. The first-order valence-electron chi connectivity index (χ1n) is 8.86. The fourth-order valence-corrected chi connectivity index (χ4v) is 3.15. The molecule has 0 fully saturated rings. The van der Waals surface area contributed by atoms with Crippen LogP contribution in [0, 0.1) is 6.92 Å². The summed E-state index contributed by atoms with van der Waals surface area (Å²) in [4.78, 5) is 26.6. The number of aromatic nitrogens is 2. The zero-order chi connectivity index (χ0) is 18.7. The lowest BCUT2D eigenvalue weighted by Gasteiger charge is -2.31. The molecule has 1 N–H and O–H groups in total. The van der Waals surface area contributed by atoms with Gasteiger partial charge >= 0.3 is 0 Å². The molecule has 7 heteroatoms. The number of ether oxygens (including phenoxy) is 1. The molecule has 0 saturated heterocycles. The molecule has 2 heterocycles. The SMILES string of the molecule is CCOc1ccccc1CNC(=O)[C@H](C)N1C(=O)CCn2nc(C)cc21. The third-order valence-electron chi connectivity index (χ3n) is 4.43. The van der Waals surface area contributed by atoms with Crippen molar-refractivity contribution < 1.29 is 14.3 Å². The number of carbonyl (C=O) groups is 2. The molecule has 138 valence electrons. The molecule has 2 aromatic rings. The van der Waals surface area contributed by atoms with Crippen LogP contribution in [0.4, 0.5) is 5.82 Å². The van der Waals surface area contributed by atoms with Gasteiger partial charge in [-0.3, -0.25) is 14.5 Å². The van der Waals surface area contributed by atoms with Crippen LogP contribution in [0.5, 0.6) is 5.75 Å². The first kappa shape index (κ1) is 18.0. The van der Waals surface area contributed by atoms with E-state index in [9.17, 15) is 9.59 Å². The monoisotopic (exact) mass is 356 g/mol. The molecule has 0 radical (unpaired) electrons. The number of nitrogens with zero attached hydrogens (tertiary/aromatic N) is 3. The highest BCUT2D eigenvalue weighted by Crippen LogP contribution is 2.25. The lowest BCUT2D eigenvalue weighted by atomic mass is 10.1. The Hall–Kier alpha value is -2.83. The van der Waals surface area contributed by atoms with Crippen LogP contribution in [0.15, 0.2) is 30.3 Å². The van der Waals surface area contributed by atoms with E-state index in [0.717, 1.165) is 17.0 Å². The van der Waals surface area contributed by atoms with E-state index in [1.807, 2.05) is 44.2 Å². The van der Waals surface area contributed by atoms with Gasteiger partial charge in [0.15, 0.2) is 0 Å². The molecular weight excluding hydrogens is 332 g/mol. The summed E-state index contributed by atoms with van der Waals surface area (Å²) in [6.45, 7) is 6.99. The average Bonchev–Trinajstić information content (AvgIpc) is 3.00. The number of hydrogen-bond acceptors (Lipinski definition) is 4. The van der Waals surface area contributed by atoms with Crippen LogP contribution in [-0.4, -0.2) is 34.2 Å². The van der Waals surface area contributed by atoms with Crippen LogP contribution in [0.2, 0.25) is 0 Å². The molecular formula is C19H24N4O3. The van der Waals surface area contributed by atoms with Gasteiger partial charge in [-0.2, -0.15) is 5.10 Å². The van der Waals surface area contributed by atoms with E-state index in [0.29, 0.717) is 31.9 Å². The number of fused-ring (bicyclic) bond motifs is 1. The summed E-state index contributed by atoms with van der Waals surface area (Å²) in [5.41, 5.74) is 1.73. The Morgan fingerprint density at radius 1 is 1.38 bits per heavy atom. The van der Waals surface area contributed by atoms with Crippen molar-refractivity contribution >= 4 is 17.6 Å². The maximum Gasteiger partial charge on any atom is 0.243 e. The topological polar surface area (TPSA) is 76.5 Å². The van der Waals surface area contributed by atoms with Gasteiger partial charge in [0.25, 0.3) is 0 Å². The van der Waals surface area contributed by atoms with Crippen molar-refractivity contribution in [3.8, 4) is 5.75 Å². The molecule has 0 bridgehead atoms. The fraction of sp³-hybridized carbons (Fsp3) is 0.421. The normalized spacial score (nSPS) is 14.7. The van der Waals surface area contributed by atoms with Gasteiger partial charge in [0.1, 0.15) is 17.6 Å². The lowest BCUT2D eigenvalue weighted by molar-refractivity contribution is -0.126. The first-order chi connectivity index (χ1) is 12.5. The summed E-state index contributed by atoms with van der Waals surface area (Å²) in [6, 6.07) is 8.82. The molecule has 0 aliphatic carbocycles.